The van der Waals surface area contributed by atoms with Gasteiger partial charge in [-0.1, -0.05) is 23.4 Å². The number of hydrogen-bond acceptors (Lipinski definition) is 7. The lowest BCUT2D eigenvalue weighted by atomic mass is 9.94. The maximum absolute atomic E-state index is 13.7. The van der Waals surface area contributed by atoms with E-state index in [1.165, 1.54) is 19.2 Å². The van der Waals surface area contributed by atoms with Crippen LogP contribution in [0.5, 0.6) is 11.5 Å². The van der Waals surface area contributed by atoms with Gasteiger partial charge in [0.1, 0.15) is 5.82 Å². The van der Waals surface area contributed by atoms with E-state index in [-0.39, 0.29) is 23.3 Å². The van der Waals surface area contributed by atoms with Crippen LogP contribution in [0.4, 0.5) is 4.39 Å². The molecule has 1 aliphatic heterocycles. The molecule has 4 rings (SSSR count). The number of aromatic hydroxyl groups is 1. The van der Waals surface area contributed by atoms with E-state index in [0.29, 0.717) is 35.2 Å². The summed E-state index contributed by atoms with van der Waals surface area (Å²) in [5, 5.41) is 18.3. The van der Waals surface area contributed by atoms with Crippen LogP contribution in [0.2, 0.25) is 0 Å². The maximum Gasteiger partial charge on any atom is 0.258 e. The Hall–Kier alpha value is -3.50. The fraction of sp³-hybridized carbons (Fsp3) is 0.292. The molecule has 1 unspecified atom stereocenters. The molecule has 2 N–H and O–H groups in total. The number of thiocarbonyl (C=S) groups is 1. The molecule has 10 heteroatoms. The molecule has 178 valence electrons. The molecule has 0 fully saturated rings. The average Bonchev–Trinajstić information content (AvgIpc) is 3.30. The van der Waals surface area contributed by atoms with Gasteiger partial charge in [-0.3, -0.25) is 0 Å². The SMILES string of the molecule is COCCCN1C(=S)NC(c2ccc(OC)c(O)c2)C(c2nc(-c3cccc(F)c3)no2)=C1C. The van der Waals surface area contributed by atoms with Crippen LogP contribution in [0, 0.1) is 5.82 Å². The molecule has 34 heavy (non-hydrogen) atoms. The number of hydrogen-bond donors (Lipinski definition) is 2. The van der Waals surface area contributed by atoms with Crippen molar-refractivity contribution < 1.29 is 23.5 Å². The molecular weight excluding hydrogens is 459 g/mol. The Bertz CT molecular complexity index is 1230. The lowest BCUT2D eigenvalue weighted by Crippen LogP contribution is -2.46. The highest BCUT2D eigenvalue weighted by atomic mass is 32.1. The third kappa shape index (κ3) is 4.73. The Kier molecular flexibility index (Phi) is 7.09. The van der Waals surface area contributed by atoms with Gasteiger partial charge in [-0.05, 0) is 55.4 Å². The number of phenolic OH excluding ortho intramolecular Hbond substituents is 1. The Morgan fingerprint density at radius 2 is 2.06 bits per heavy atom. The van der Waals surface area contributed by atoms with E-state index < -0.39 is 6.04 Å². The molecule has 3 aromatic rings. The zero-order valence-corrected chi connectivity index (χ0v) is 19.9. The first-order valence-corrected chi connectivity index (χ1v) is 11.1. The van der Waals surface area contributed by atoms with Crippen LogP contribution in [-0.4, -0.2) is 52.6 Å². The summed E-state index contributed by atoms with van der Waals surface area (Å²) < 4.78 is 29.7. The molecule has 0 aliphatic carbocycles. The Morgan fingerprint density at radius 1 is 1.24 bits per heavy atom. The molecule has 1 aromatic heterocycles. The molecule has 8 nitrogen and oxygen atoms in total. The van der Waals surface area contributed by atoms with Gasteiger partial charge in [0, 0.05) is 31.5 Å². The summed E-state index contributed by atoms with van der Waals surface area (Å²) in [7, 11) is 3.14. The van der Waals surface area contributed by atoms with Gasteiger partial charge >= 0.3 is 0 Å². The summed E-state index contributed by atoms with van der Waals surface area (Å²) in [5.41, 5.74) is 2.76. The highest BCUT2D eigenvalue weighted by Crippen LogP contribution is 2.39. The zero-order valence-electron chi connectivity index (χ0n) is 19.0. The van der Waals surface area contributed by atoms with E-state index in [1.807, 2.05) is 17.9 Å². The first-order chi connectivity index (χ1) is 16.4. The molecule has 0 saturated carbocycles. The van der Waals surface area contributed by atoms with Crippen molar-refractivity contribution in [3.05, 3.63) is 65.4 Å². The van der Waals surface area contributed by atoms with Gasteiger partial charge in [-0.25, -0.2) is 4.39 Å². The van der Waals surface area contributed by atoms with E-state index in [4.69, 9.17) is 26.2 Å². The van der Waals surface area contributed by atoms with Gasteiger partial charge in [0.05, 0.1) is 18.7 Å². The molecular formula is C24H25FN4O4S. The second-order valence-electron chi connectivity index (χ2n) is 7.74. The molecule has 0 saturated heterocycles. The average molecular weight is 485 g/mol. The minimum atomic E-state index is -0.469. The number of nitrogens with zero attached hydrogens (tertiary/aromatic N) is 3. The minimum absolute atomic E-state index is 0.00164. The van der Waals surface area contributed by atoms with Gasteiger partial charge in [0.15, 0.2) is 16.6 Å². The number of allylic oxidation sites excluding steroid dienone is 1. The number of rotatable bonds is 8. The zero-order chi connectivity index (χ0) is 24.2. The molecule has 2 aromatic carbocycles. The van der Waals surface area contributed by atoms with Crippen LogP contribution in [0.15, 0.2) is 52.7 Å². The summed E-state index contributed by atoms with van der Waals surface area (Å²) in [5.74, 6) is 0.504. The van der Waals surface area contributed by atoms with Crippen molar-refractivity contribution in [3.8, 4) is 22.9 Å². The molecule has 0 radical (unpaired) electrons. The largest absolute Gasteiger partial charge is 0.504 e. The number of halogens is 1. The third-order valence-corrected chi connectivity index (χ3v) is 5.94. The predicted molar refractivity (Wildman–Crippen MR) is 129 cm³/mol. The fourth-order valence-electron chi connectivity index (χ4n) is 3.91. The normalized spacial score (nSPS) is 16.1. The highest BCUT2D eigenvalue weighted by Gasteiger charge is 2.34. The van der Waals surface area contributed by atoms with E-state index in [0.717, 1.165) is 17.7 Å². The van der Waals surface area contributed by atoms with Crippen LogP contribution < -0.4 is 10.1 Å². The molecule has 0 amide bonds. The van der Waals surface area contributed by atoms with Crippen molar-refractivity contribution in [2.45, 2.75) is 19.4 Å². The number of ether oxygens (including phenoxy) is 2. The van der Waals surface area contributed by atoms with Crippen LogP contribution in [0.25, 0.3) is 17.0 Å². The van der Waals surface area contributed by atoms with Gasteiger partial charge in [0.2, 0.25) is 5.82 Å². The van der Waals surface area contributed by atoms with Crippen molar-refractivity contribution in [2.75, 3.05) is 27.4 Å². The van der Waals surface area contributed by atoms with Gasteiger partial charge in [0.25, 0.3) is 5.89 Å². The Morgan fingerprint density at radius 3 is 2.76 bits per heavy atom. The van der Waals surface area contributed by atoms with E-state index >= 15 is 0 Å². The number of aromatic nitrogens is 2. The summed E-state index contributed by atoms with van der Waals surface area (Å²) in [4.78, 5) is 6.51. The molecule has 1 atom stereocenters. The fourth-order valence-corrected chi connectivity index (χ4v) is 4.25. The maximum atomic E-state index is 13.7. The van der Waals surface area contributed by atoms with Gasteiger partial charge in [-0.15, -0.1) is 0 Å². The Balaban J connectivity index is 1.79. The lowest BCUT2D eigenvalue weighted by molar-refractivity contribution is 0.188. The third-order valence-electron chi connectivity index (χ3n) is 5.60. The number of nitrogens with one attached hydrogen (secondary N) is 1. The first-order valence-electron chi connectivity index (χ1n) is 10.7. The number of phenols is 1. The van der Waals surface area contributed by atoms with Crippen LogP contribution in [-0.2, 0) is 4.74 Å². The number of methoxy groups -OCH3 is 2. The van der Waals surface area contributed by atoms with Crippen molar-refractivity contribution in [1.82, 2.24) is 20.4 Å². The predicted octanol–water partition coefficient (Wildman–Crippen LogP) is 4.29. The first kappa shape index (κ1) is 23.7. The second-order valence-corrected chi connectivity index (χ2v) is 8.13. The summed E-state index contributed by atoms with van der Waals surface area (Å²) in [6.07, 6.45) is 0.759. The van der Waals surface area contributed by atoms with E-state index in [1.54, 1.807) is 31.4 Å². The lowest BCUT2D eigenvalue weighted by Gasteiger charge is -2.37. The molecule has 0 bridgehead atoms. The summed E-state index contributed by atoms with van der Waals surface area (Å²) in [6.45, 7) is 3.14. The number of benzene rings is 2. The molecule has 1 aliphatic rings. The minimum Gasteiger partial charge on any atom is -0.504 e. The van der Waals surface area contributed by atoms with Crippen LogP contribution in [0.3, 0.4) is 0 Å². The van der Waals surface area contributed by atoms with Gasteiger partial charge in [-0.2, -0.15) is 4.98 Å². The Labute approximate surface area is 202 Å². The highest BCUT2D eigenvalue weighted by molar-refractivity contribution is 7.80. The van der Waals surface area contributed by atoms with Crippen LogP contribution >= 0.6 is 12.2 Å². The monoisotopic (exact) mass is 484 g/mol. The van der Waals surface area contributed by atoms with Crippen molar-refractivity contribution >= 4 is 22.9 Å². The standard InChI is InChI=1S/C24H25FN4O4S/c1-14-20(23-27-22(28-33-23)16-6-4-7-17(25)12-16)21(15-8-9-19(32-3)18(30)13-15)26-24(34)29(14)10-5-11-31-2/h4,6-9,12-13,21,30H,5,10-11H2,1-3H3,(H,26,34). The smallest absolute Gasteiger partial charge is 0.258 e. The van der Waals surface area contributed by atoms with Crippen LogP contribution in [0.1, 0.15) is 30.8 Å². The molecule has 0 spiro atoms. The topological polar surface area (TPSA) is 92.9 Å². The van der Waals surface area contributed by atoms with Crippen molar-refractivity contribution in [2.24, 2.45) is 0 Å². The quantitative estimate of drug-likeness (QED) is 0.359. The van der Waals surface area contributed by atoms with E-state index in [9.17, 15) is 9.50 Å². The van der Waals surface area contributed by atoms with Crippen molar-refractivity contribution in [1.29, 1.82) is 0 Å². The van der Waals surface area contributed by atoms with Gasteiger partial charge < -0.3 is 29.3 Å². The summed E-state index contributed by atoms with van der Waals surface area (Å²) in [6, 6.07) is 10.7. The summed E-state index contributed by atoms with van der Waals surface area (Å²) >= 11 is 5.66. The van der Waals surface area contributed by atoms with Crippen molar-refractivity contribution in [3.63, 3.8) is 0 Å². The second kappa shape index (κ2) is 10.2. The van der Waals surface area contributed by atoms with E-state index in [2.05, 4.69) is 15.5 Å². The molecule has 2 heterocycles.